The van der Waals surface area contributed by atoms with Gasteiger partial charge in [-0.3, -0.25) is 9.59 Å². The third kappa shape index (κ3) is 8.73. The average molecular weight is 951 g/mol. The first-order valence-corrected chi connectivity index (χ1v) is 26.0. The number of aromatic nitrogens is 4. The van der Waals surface area contributed by atoms with Crippen molar-refractivity contribution in [1.29, 1.82) is 0 Å². The summed E-state index contributed by atoms with van der Waals surface area (Å²) in [7, 11) is 2.64. The van der Waals surface area contributed by atoms with Crippen LogP contribution in [-0.4, -0.2) is 93.1 Å². The van der Waals surface area contributed by atoms with Crippen LogP contribution in [0.25, 0.3) is 33.4 Å². The lowest BCUT2D eigenvalue weighted by atomic mass is 9.72. The monoisotopic (exact) mass is 951 g/mol. The molecule has 10 rings (SSSR count). The van der Waals surface area contributed by atoms with Gasteiger partial charge < -0.3 is 39.9 Å². The van der Waals surface area contributed by atoms with E-state index >= 15 is 0 Å². The Morgan fingerprint density at radius 3 is 2.20 bits per heavy atom. The largest absolute Gasteiger partial charge is 0.453 e. The number of alkyl carbamates (subject to hydrolysis) is 2. The lowest BCUT2D eigenvalue weighted by molar-refractivity contribution is -0.136. The van der Waals surface area contributed by atoms with Crippen molar-refractivity contribution in [1.82, 2.24) is 40.4 Å². The minimum absolute atomic E-state index is 0.0568. The van der Waals surface area contributed by atoms with Crippen LogP contribution in [0.2, 0.25) is 0 Å². The number of carbonyl (C=O) groups is 4. The van der Waals surface area contributed by atoms with Gasteiger partial charge in [0.2, 0.25) is 11.8 Å². The van der Waals surface area contributed by atoms with Crippen LogP contribution in [0, 0.1) is 29.6 Å². The molecule has 4 heterocycles. The van der Waals surface area contributed by atoms with Gasteiger partial charge >= 0.3 is 12.2 Å². The number of imidazole rings is 2. The van der Waals surface area contributed by atoms with Crippen LogP contribution in [0.4, 0.5) is 9.59 Å². The van der Waals surface area contributed by atoms with Crippen LogP contribution >= 0.6 is 0 Å². The molecule has 4 fully saturated rings. The fourth-order valence-corrected chi connectivity index (χ4v) is 12.8. The lowest BCUT2D eigenvalue weighted by Crippen LogP contribution is -2.51. The molecule has 0 spiro atoms. The molecule has 2 aromatic carbocycles. The zero-order valence-electron chi connectivity index (χ0n) is 41.7. The minimum Gasteiger partial charge on any atom is -0.453 e. The third-order valence-corrected chi connectivity index (χ3v) is 17.0. The standard InChI is InChI=1S/C56H70N8O6/c1-8-31(4)50(62-56(68)70-7)54(66)64-24-10-12-47(64)52-58-43-22-17-36(28-44(43)59-52)35-15-18-38(32(5)34-14-13-33(25-34)26-35)41-21-20-40(42-27-37-16-19-39(37)48(41)42)45-29-57-51(60-45)46-11-9-23-63(46)53(65)49(30(2)3)61-55(67)69-6/h15,17-18,20-22,28-31,33-34,37,39,46-47,49-50H,5,8-14,16,19,23-27H2,1-4,6-7H3,(H,57,60)(H,58,59)(H,61,67)(H,62,68)/b35-15+,38-18+. The van der Waals surface area contributed by atoms with Gasteiger partial charge in [-0.2, -0.15) is 0 Å². The molecule has 370 valence electrons. The number of allylic oxidation sites excluding steroid dienone is 5. The fourth-order valence-electron chi connectivity index (χ4n) is 12.8. The fraction of sp³-hybridized carbons (Fsp3) is 0.536. The number of methoxy groups -OCH3 is 2. The molecule has 2 aromatic heterocycles. The van der Waals surface area contributed by atoms with Crippen molar-refractivity contribution in [2.24, 2.45) is 29.6 Å². The van der Waals surface area contributed by atoms with E-state index in [-0.39, 0.29) is 35.7 Å². The highest BCUT2D eigenvalue weighted by molar-refractivity contribution is 5.90. The van der Waals surface area contributed by atoms with Crippen LogP contribution in [0.1, 0.15) is 150 Å². The zero-order chi connectivity index (χ0) is 49.0. The first kappa shape index (κ1) is 47.5. The average Bonchev–Trinajstić information content (AvgIpc) is 4.22. The molecular weight excluding hydrogens is 881 g/mol. The number of rotatable bonds is 12. The Hall–Kier alpha value is -6.18. The molecule has 2 aliphatic heterocycles. The molecular formula is C56H70N8O6. The van der Waals surface area contributed by atoms with E-state index in [2.05, 4.69) is 63.1 Å². The van der Waals surface area contributed by atoms with E-state index in [1.165, 1.54) is 78.0 Å². The minimum atomic E-state index is -0.689. The third-order valence-electron chi connectivity index (χ3n) is 17.0. The van der Waals surface area contributed by atoms with Gasteiger partial charge in [0.1, 0.15) is 23.7 Å². The first-order chi connectivity index (χ1) is 33.8. The van der Waals surface area contributed by atoms with Crippen molar-refractivity contribution in [2.45, 2.75) is 135 Å². The van der Waals surface area contributed by atoms with Gasteiger partial charge in [-0.05, 0) is 157 Å². The molecule has 6 aliphatic rings. The highest BCUT2D eigenvalue weighted by Gasteiger charge is 2.44. The Bertz CT molecular complexity index is 2770. The van der Waals surface area contributed by atoms with Gasteiger partial charge in [-0.15, -0.1) is 0 Å². The molecule has 4 aromatic rings. The van der Waals surface area contributed by atoms with Gasteiger partial charge in [0.15, 0.2) is 0 Å². The van der Waals surface area contributed by atoms with Gasteiger partial charge in [-0.1, -0.05) is 71.0 Å². The number of benzene rings is 2. The molecule has 4 aliphatic carbocycles. The molecule has 9 atom stereocenters. The number of ether oxygens (including phenoxy) is 2. The second-order valence-electron chi connectivity index (χ2n) is 21.4. The lowest BCUT2D eigenvalue weighted by Gasteiger charge is -2.32. The highest BCUT2D eigenvalue weighted by Crippen LogP contribution is 2.57. The summed E-state index contributed by atoms with van der Waals surface area (Å²) in [4.78, 5) is 73.5. The SMILES string of the molecule is C=C1/C(c2ccc(-c3cnc(C4CCCN4C(=O)C(NC(=O)OC)C(C)C)[nH]3)c3c2C2CCC2C3)=C\C=C(\c2ccc3nc(C4CCCN4C(=O)C(NC(=O)OC)C(C)CC)[nH]c3c2)CC2CCC1C2. The quantitative estimate of drug-likeness (QED) is 0.109. The number of fused-ring (bicyclic) bond motifs is 6. The van der Waals surface area contributed by atoms with Crippen molar-refractivity contribution in [3.05, 3.63) is 94.7 Å². The smallest absolute Gasteiger partial charge is 0.407 e. The summed E-state index contributed by atoms with van der Waals surface area (Å²) in [5.41, 5.74) is 13.1. The van der Waals surface area contributed by atoms with Gasteiger partial charge in [0, 0.05) is 18.7 Å². The van der Waals surface area contributed by atoms with E-state index < -0.39 is 24.3 Å². The van der Waals surface area contributed by atoms with Crippen molar-refractivity contribution in [2.75, 3.05) is 27.3 Å². The summed E-state index contributed by atoms with van der Waals surface area (Å²) in [5, 5.41) is 5.57. The molecule has 9 unspecified atom stereocenters. The number of hydrogen-bond donors (Lipinski definition) is 4. The van der Waals surface area contributed by atoms with E-state index in [0.29, 0.717) is 36.8 Å². The second-order valence-corrected chi connectivity index (χ2v) is 21.4. The first-order valence-electron chi connectivity index (χ1n) is 26.0. The number of hydrogen-bond acceptors (Lipinski definition) is 8. The Labute approximate surface area is 411 Å². The predicted molar refractivity (Wildman–Crippen MR) is 270 cm³/mol. The second kappa shape index (κ2) is 19.5. The predicted octanol–water partition coefficient (Wildman–Crippen LogP) is 10.3. The molecule has 70 heavy (non-hydrogen) atoms. The normalized spacial score (nSPS) is 26.7. The molecule has 14 heteroatoms. The maximum Gasteiger partial charge on any atom is 0.407 e. The van der Waals surface area contributed by atoms with E-state index in [4.69, 9.17) is 26.0 Å². The number of nitrogens with one attached hydrogen (secondary N) is 4. The number of aromatic amines is 2. The molecule has 0 radical (unpaired) electrons. The van der Waals surface area contributed by atoms with E-state index in [1.54, 1.807) is 0 Å². The Morgan fingerprint density at radius 2 is 1.51 bits per heavy atom. The summed E-state index contributed by atoms with van der Waals surface area (Å²) >= 11 is 0. The number of H-pyrrole nitrogens is 2. The molecule has 14 nitrogen and oxygen atoms in total. The van der Waals surface area contributed by atoms with Crippen LogP contribution in [-0.2, 0) is 25.5 Å². The van der Waals surface area contributed by atoms with Crippen LogP contribution in [0.15, 0.2) is 60.8 Å². The van der Waals surface area contributed by atoms with E-state index in [0.717, 1.165) is 86.2 Å². The molecule has 2 bridgehead atoms. The summed E-state index contributed by atoms with van der Waals surface area (Å²) in [6.45, 7) is 14.0. The van der Waals surface area contributed by atoms with E-state index in [9.17, 15) is 19.2 Å². The Kier molecular flexibility index (Phi) is 13.3. The van der Waals surface area contributed by atoms with Gasteiger partial charge in [0.25, 0.3) is 0 Å². The number of carbonyl (C=O) groups excluding carboxylic acids is 4. The Balaban J connectivity index is 0.949. The molecule has 2 saturated carbocycles. The van der Waals surface area contributed by atoms with Crippen LogP contribution < -0.4 is 10.6 Å². The van der Waals surface area contributed by atoms with Crippen molar-refractivity contribution < 1.29 is 28.7 Å². The Morgan fingerprint density at radius 1 is 0.814 bits per heavy atom. The zero-order valence-corrected chi connectivity index (χ0v) is 41.7. The highest BCUT2D eigenvalue weighted by atomic mass is 16.5. The van der Waals surface area contributed by atoms with Crippen molar-refractivity contribution >= 4 is 46.2 Å². The van der Waals surface area contributed by atoms with Crippen LogP contribution in [0.5, 0.6) is 0 Å². The summed E-state index contributed by atoms with van der Waals surface area (Å²) in [6, 6.07) is 9.39. The summed E-state index contributed by atoms with van der Waals surface area (Å²) in [5.74, 6) is 3.31. The van der Waals surface area contributed by atoms with E-state index in [1.807, 2.05) is 43.7 Å². The summed E-state index contributed by atoms with van der Waals surface area (Å²) in [6.07, 6.45) is 17.4. The molecule has 4 amide bonds. The molecule has 2 saturated heterocycles. The maximum atomic E-state index is 14.0. The molecule has 4 N–H and O–H groups in total. The van der Waals surface area contributed by atoms with Crippen molar-refractivity contribution in [3.63, 3.8) is 0 Å². The number of nitrogens with zero attached hydrogens (tertiary/aromatic N) is 4. The number of likely N-dealkylation sites (tertiary alicyclic amines) is 2. The van der Waals surface area contributed by atoms with Gasteiger partial charge in [-0.25, -0.2) is 19.6 Å². The van der Waals surface area contributed by atoms with Crippen LogP contribution in [0.3, 0.4) is 0 Å². The maximum absolute atomic E-state index is 14.0. The topological polar surface area (TPSA) is 175 Å². The van der Waals surface area contributed by atoms with Crippen molar-refractivity contribution in [3.8, 4) is 11.3 Å². The number of amides is 4. The van der Waals surface area contributed by atoms with Gasteiger partial charge in [0.05, 0.1) is 49.2 Å². The summed E-state index contributed by atoms with van der Waals surface area (Å²) < 4.78 is 9.74.